The van der Waals surface area contributed by atoms with Gasteiger partial charge in [-0.15, -0.1) is 11.3 Å². The average molecular weight is 418 g/mol. The maximum atomic E-state index is 13.4. The Bertz CT molecular complexity index is 1080. The Balaban J connectivity index is 1.46. The van der Waals surface area contributed by atoms with Gasteiger partial charge in [-0.25, -0.2) is 9.69 Å². The minimum absolute atomic E-state index is 0.0328. The van der Waals surface area contributed by atoms with E-state index in [4.69, 9.17) is 0 Å². The SMILES string of the molecule is C[C@@]1(c2ccccc2)NC(=O)N(CN2CCc3sccc3[C@H]2c2ccccc2)C1=O. The van der Waals surface area contributed by atoms with Gasteiger partial charge in [0.25, 0.3) is 5.91 Å². The average Bonchev–Trinajstić information content (AvgIpc) is 3.34. The molecule has 30 heavy (non-hydrogen) atoms. The number of hydrogen-bond donors (Lipinski definition) is 1. The van der Waals surface area contributed by atoms with E-state index in [2.05, 4.69) is 33.8 Å². The Kier molecular flexibility index (Phi) is 4.68. The summed E-state index contributed by atoms with van der Waals surface area (Å²) in [6.07, 6.45) is 0.927. The van der Waals surface area contributed by atoms with Crippen LogP contribution in [0.1, 0.15) is 34.5 Å². The highest BCUT2D eigenvalue weighted by Crippen LogP contribution is 2.38. The molecule has 0 saturated carbocycles. The topological polar surface area (TPSA) is 52.7 Å². The summed E-state index contributed by atoms with van der Waals surface area (Å²) in [5.74, 6) is -0.207. The van der Waals surface area contributed by atoms with Gasteiger partial charge in [0.15, 0.2) is 0 Å². The number of benzene rings is 2. The fraction of sp³-hybridized carbons (Fsp3) is 0.250. The summed E-state index contributed by atoms with van der Waals surface area (Å²) in [7, 11) is 0. The standard InChI is InChI=1S/C24H23N3O2S/c1-24(18-10-6-3-7-11-18)22(28)27(23(29)25-24)16-26-14-12-20-19(13-15-30-20)21(26)17-8-4-2-5-9-17/h2-11,13,15,21H,12,14,16H2,1H3,(H,25,29)/t21-,24+/m1/s1. The molecule has 152 valence electrons. The first kappa shape index (κ1) is 19.0. The second kappa shape index (κ2) is 7.38. The van der Waals surface area contributed by atoms with Crippen LogP contribution in [0.5, 0.6) is 0 Å². The molecule has 5 rings (SSSR count). The Labute approximate surface area is 179 Å². The lowest BCUT2D eigenvalue weighted by molar-refractivity contribution is -0.132. The summed E-state index contributed by atoms with van der Waals surface area (Å²) >= 11 is 1.78. The van der Waals surface area contributed by atoms with Crippen molar-refractivity contribution in [3.8, 4) is 0 Å². The second-order valence-corrected chi connectivity index (χ2v) is 8.97. The van der Waals surface area contributed by atoms with Crippen LogP contribution in [-0.4, -0.2) is 35.0 Å². The van der Waals surface area contributed by atoms with Gasteiger partial charge in [0.05, 0.1) is 12.7 Å². The van der Waals surface area contributed by atoms with Crippen molar-refractivity contribution in [2.24, 2.45) is 0 Å². The number of imide groups is 1. The van der Waals surface area contributed by atoms with E-state index in [0.29, 0.717) is 0 Å². The van der Waals surface area contributed by atoms with Crippen LogP contribution in [0.15, 0.2) is 72.1 Å². The molecule has 2 aliphatic heterocycles. The van der Waals surface area contributed by atoms with E-state index in [0.717, 1.165) is 18.5 Å². The number of hydrogen-bond acceptors (Lipinski definition) is 4. The summed E-state index contributed by atoms with van der Waals surface area (Å²) in [5, 5.41) is 5.05. The lowest BCUT2D eigenvalue weighted by Crippen LogP contribution is -2.47. The molecule has 0 spiro atoms. The van der Waals surface area contributed by atoms with Crippen LogP contribution >= 0.6 is 11.3 Å². The van der Waals surface area contributed by atoms with Crippen LogP contribution in [0.3, 0.4) is 0 Å². The number of carbonyl (C=O) groups is 2. The predicted octanol–water partition coefficient (Wildman–Crippen LogP) is 4.12. The first-order valence-electron chi connectivity index (χ1n) is 10.1. The summed E-state index contributed by atoms with van der Waals surface area (Å²) < 4.78 is 0. The van der Waals surface area contributed by atoms with Crippen molar-refractivity contribution in [2.75, 3.05) is 13.2 Å². The zero-order chi connectivity index (χ0) is 20.7. The summed E-state index contributed by atoms with van der Waals surface area (Å²) in [6, 6.07) is 21.6. The molecule has 1 N–H and O–H groups in total. The molecule has 0 aliphatic carbocycles. The molecule has 2 atom stereocenters. The Morgan fingerprint density at radius 1 is 1.03 bits per heavy atom. The first-order chi connectivity index (χ1) is 14.6. The number of rotatable bonds is 4. The smallest absolute Gasteiger partial charge is 0.319 e. The van der Waals surface area contributed by atoms with E-state index >= 15 is 0 Å². The number of carbonyl (C=O) groups excluding carboxylic acids is 2. The van der Waals surface area contributed by atoms with Gasteiger partial charge in [-0.3, -0.25) is 9.69 Å². The van der Waals surface area contributed by atoms with Crippen molar-refractivity contribution in [2.45, 2.75) is 24.9 Å². The number of nitrogens with zero attached hydrogens (tertiary/aromatic N) is 2. The normalized spacial score (nSPS) is 24.0. The van der Waals surface area contributed by atoms with E-state index in [9.17, 15) is 9.59 Å². The predicted molar refractivity (Wildman–Crippen MR) is 117 cm³/mol. The largest absolute Gasteiger partial charge is 0.326 e. The number of thiophene rings is 1. The molecular formula is C24H23N3O2S. The highest BCUT2D eigenvalue weighted by molar-refractivity contribution is 7.10. The molecule has 1 fully saturated rings. The summed E-state index contributed by atoms with van der Waals surface area (Å²) in [4.78, 5) is 31.2. The maximum Gasteiger partial charge on any atom is 0.326 e. The fourth-order valence-electron chi connectivity index (χ4n) is 4.52. The van der Waals surface area contributed by atoms with Crippen LogP contribution in [0.25, 0.3) is 0 Å². The number of urea groups is 1. The molecule has 3 aromatic rings. The summed E-state index contributed by atoms with van der Waals surface area (Å²) in [6.45, 7) is 2.85. The van der Waals surface area contributed by atoms with Crippen LogP contribution < -0.4 is 5.32 Å². The molecule has 1 saturated heterocycles. The van der Waals surface area contributed by atoms with E-state index in [1.807, 2.05) is 48.5 Å². The van der Waals surface area contributed by atoms with Crippen molar-refractivity contribution < 1.29 is 9.59 Å². The van der Waals surface area contributed by atoms with Gasteiger partial charge in [-0.05, 0) is 41.5 Å². The molecule has 5 nitrogen and oxygen atoms in total. The van der Waals surface area contributed by atoms with E-state index in [1.54, 1.807) is 18.3 Å². The number of nitrogens with one attached hydrogen (secondary N) is 1. The van der Waals surface area contributed by atoms with Gasteiger partial charge < -0.3 is 5.32 Å². The maximum absolute atomic E-state index is 13.4. The Morgan fingerprint density at radius 2 is 1.73 bits per heavy atom. The highest BCUT2D eigenvalue weighted by Gasteiger charge is 2.49. The van der Waals surface area contributed by atoms with Crippen LogP contribution in [0, 0.1) is 0 Å². The van der Waals surface area contributed by atoms with Gasteiger partial charge in [0, 0.05) is 11.4 Å². The van der Waals surface area contributed by atoms with Crippen molar-refractivity contribution in [3.05, 3.63) is 93.7 Å². The van der Waals surface area contributed by atoms with E-state index < -0.39 is 5.54 Å². The van der Waals surface area contributed by atoms with Gasteiger partial charge in [-0.1, -0.05) is 60.7 Å². The number of fused-ring (bicyclic) bond motifs is 1. The zero-order valence-corrected chi connectivity index (χ0v) is 17.6. The Morgan fingerprint density at radius 3 is 2.47 bits per heavy atom. The molecule has 1 aromatic heterocycles. The van der Waals surface area contributed by atoms with Crippen LogP contribution in [-0.2, 0) is 16.8 Å². The van der Waals surface area contributed by atoms with Crippen LogP contribution in [0.2, 0.25) is 0 Å². The molecular weight excluding hydrogens is 394 g/mol. The fourth-order valence-corrected chi connectivity index (χ4v) is 5.42. The van der Waals surface area contributed by atoms with Gasteiger partial charge in [-0.2, -0.15) is 0 Å². The molecule has 2 aromatic carbocycles. The third kappa shape index (κ3) is 3.04. The number of amides is 3. The third-order valence-corrected chi connectivity index (χ3v) is 7.13. The lowest BCUT2D eigenvalue weighted by Gasteiger charge is -2.37. The lowest BCUT2D eigenvalue weighted by atomic mass is 9.92. The molecule has 0 unspecified atom stereocenters. The van der Waals surface area contributed by atoms with Crippen LogP contribution in [0.4, 0.5) is 4.79 Å². The monoisotopic (exact) mass is 417 g/mol. The molecule has 2 aliphatic rings. The minimum Gasteiger partial charge on any atom is -0.319 e. The van der Waals surface area contributed by atoms with Gasteiger partial charge in [0.2, 0.25) is 0 Å². The van der Waals surface area contributed by atoms with Crippen molar-refractivity contribution in [1.82, 2.24) is 15.1 Å². The van der Waals surface area contributed by atoms with Crippen molar-refractivity contribution in [3.63, 3.8) is 0 Å². The minimum atomic E-state index is -1.04. The van der Waals surface area contributed by atoms with E-state index in [1.165, 1.54) is 20.9 Å². The van der Waals surface area contributed by atoms with Gasteiger partial charge >= 0.3 is 6.03 Å². The Hall–Kier alpha value is -2.96. The van der Waals surface area contributed by atoms with Gasteiger partial charge in [0.1, 0.15) is 5.54 Å². The summed E-state index contributed by atoms with van der Waals surface area (Å²) in [5.41, 5.74) is 2.21. The molecule has 6 heteroatoms. The highest BCUT2D eigenvalue weighted by atomic mass is 32.1. The van der Waals surface area contributed by atoms with E-state index in [-0.39, 0.29) is 24.6 Å². The van der Waals surface area contributed by atoms with Crippen molar-refractivity contribution in [1.29, 1.82) is 0 Å². The van der Waals surface area contributed by atoms with Crippen molar-refractivity contribution >= 4 is 23.3 Å². The molecule has 3 heterocycles. The first-order valence-corrected chi connectivity index (χ1v) is 11.0. The zero-order valence-electron chi connectivity index (χ0n) is 16.7. The third-order valence-electron chi connectivity index (χ3n) is 6.13. The molecule has 0 radical (unpaired) electrons. The second-order valence-electron chi connectivity index (χ2n) is 7.97. The molecule has 3 amide bonds. The quantitative estimate of drug-likeness (QED) is 0.650. The molecule has 0 bridgehead atoms.